The highest BCUT2D eigenvalue weighted by Gasteiger charge is 2.29. The van der Waals surface area contributed by atoms with Crippen LogP contribution in [0.5, 0.6) is 0 Å². The van der Waals surface area contributed by atoms with E-state index in [4.69, 9.17) is 11.5 Å². The molecule has 0 aliphatic carbocycles. The zero-order valence-electron chi connectivity index (χ0n) is 10.7. The summed E-state index contributed by atoms with van der Waals surface area (Å²) in [5.41, 5.74) is 7.90. The second-order valence-electron chi connectivity index (χ2n) is 4.05. The maximum absolute atomic E-state index is 10.9. The van der Waals surface area contributed by atoms with Crippen LogP contribution in [0.2, 0.25) is 0 Å². The normalized spacial score (nSPS) is 10.2. The Morgan fingerprint density at radius 2 is 0.944 bits per heavy atom. The molecule has 0 fully saturated rings. The summed E-state index contributed by atoms with van der Waals surface area (Å²) in [5.74, 6) is -1.22. The minimum absolute atomic E-state index is 0. The summed E-state index contributed by atoms with van der Waals surface area (Å²) < 4.78 is 0. The predicted octanol–water partition coefficient (Wildman–Crippen LogP) is -0.839. The minimum atomic E-state index is -1.12. The van der Waals surface area contributed by atoms with Crippen LogP contribution >= 0.6 is 24.8 Å². The van der Waals surface area contributed by atoms with Gasteiger partial charge >= 0.3 is 0 Å². The minimum Gasteiger partial charge on any atom is -0.412 e. The maximum atomic E-state index is 10.9. The van der Waals surface area contributed by atoms with Gasteiger partial charge in [-0.15, -0.1) is 24.8 Å². The summed E-state index contributed by atoms with van der Waals surface area (Å²) in [4.78, 5) is 21.7. The Hall–Kier alpha value is -0.960. The standard InChI is InChI=1S/C8H16N4O2.2ClH.2H2O/c1-7(2,5(9)13)11-12-8(3,4)6(10)14;;;;/h1-4H3,(H2,9,13)(H2,10,14);2*1H;2*1H2. The van der Waals surface area contributed by atoms with Gasteiger partial charge in [-0.25, -0.2) is 0 Å². The number of carbonyl (C=O) groups excluding carboxylic acids is 2. The maximum Gasteiger partial charge on any atom is 0.246 e. The molecule has 10 heteroatoms. The summed E-state index contributed by atoms with van der Waals surface area (Å²) in [6.07, 6.45) is 0. The Morgan fingerprint density at radius 3 is 1.06 bits per heavy atom. The third-order valence-electron chi connectivity index (χ3n) is 1.76. The Labute approximate surface area is 118 Å². The molecule has 0 heterocycles. The zero-order chi connectivity index (χ0) is 11.6. The highest BCUT2D eigenvalue weighted by Crippen LogP contribution is 2.14. The molecule has 112 valence electrons. The van der Waals surface area contributed by atoms with Crippen molar-refractivity contribution in [2.24, 2.45) is 21.7 Å². The molecule has 0 saturated heterocycles. The molecule has 0 aromatic heterocycles. The van der Waals surface area contributed by atoms with Crippen LogP contribution in [0.3, 0.4) is 0 Å². The number of carbonyl (C=O) groups is 2. The molecule has 0 aliphatic heterocycles. The van der Waals surface area contributed by atoms with Crippen molar-refractivity contribution in [1.29, 1.82) is 0 Å². The van der Waals surface area contributed by atoms with Gasteiger partial charge in [-0.2, -0.15) is 10.2 Å². The summed E-state index contributed by atoms with van der Waals surface area (Å²) in [5, 5.41) is 7.40. The van der Waals surface area contributed by atoms with Crippen molar-refractivity contribution >= 4 is 36.6 Å². The van der Waals surface area contributed by atoms with E-state index in [0.717, 1.165) is 0 Å². The van der Waals surface area contributed by atoms with Gasteiger partial charge in [0.2, 0.25) is 11.8 Å². The smallest absolute Gasteiger partial charge is 0.246 e. The number of azo groups is 1. The average molecular weight is 309 g/mol. The first kappa shape index (κ1) is 30.2. The van der Waals surface area contributed by atoms with E-state index in [1.807, 2.05) is 0 Å². The van der Waals surface area contributed by atoms with Crippen LogP contribution in [0.4, 0.5) is 0 Å². The fourth-order valence-corrected chi connectivity index (χ4v) is 0.349. The van der Waals surface area contributed by atoms with Gasteiger partial charge < -0.3 is 22.4 Å². The lowest BCUT2D eigenvalue weighted by atomic mass is 10.1. The van der Waals surface area contributed by atoms with Gasteiger partial charge in [0.15, 0.2) is 11.1 Å². The molecule has 0 radical (unpaired) electrons. The molecule has 0 aromatic rings. The summed E-state index contributed by atoms with van der Waals surface area (Å²) in [6, 6.07) is 0. The van der Waals surface area contributed by atoms with Gasteiger partial charge in [0.05, 0.1) is 0 Å². The van der Waals surface area contributed by atoms with Crippen LogP contribution in [0.15, 0.2) is 10.2 Å². The van der Waals surface area contributed by atoms with Crippen molar-refractivity contribution in [2.75, 3.05) is 0 Å². The van der Waals surface area contributed by atoms with Crippen LogP contribution in [0.1, 0.15) is 27.7 Å². The molecule has 0 spiro atoms. The van der Waals surface area contributed by atoms with Crippen molar-refractivity contribution < 1.29 is 20.5 Å². The highest BCUT2D eigenvalue weighted by atomic mass is 35.5. The molecular weight excluding hydrogens is 287 g/mol. The molecule has 0 rings (SSSR count). The summed E-state index contributed by atoms with van der Waals surface area (Å²) >= 11 is 0. The Kier molecular flexibility index (Phi) is 16.8. The lowest BCUT2D eigenvalue weighted by Gasteiger charge is -2.17. The van der Waals surface area contributed by atoms with Crippen LogP contribution in [-0.4, -0.2) is 33.8 Å². The van der Waals surface area contributed by atoms with E-state index in [1.54, 1.807) is 0 Å². The summed E-state index contributed by atoms with van der Waals surface area (Å²) in [6.45, 7) is 6.04. The molecule has 0 saturated carbocycles. The first-order chi connectivity index (χ1) is 6.09. The first-order valence-corrected chi connectivity index (χ1v) is 4.13. The van der Waals surface area contributed by atoms with Crippen molar-refractivity contribution in [1.82, 2.24) is 0 Å². The Balaban J connectivity index is -0.000000141. The van der Waals surface area contributed by atoms with E-state index >= 15 is 0 Å². The van der Waals surface area contributed by atoms with Gasteiger partial charge in [0.25, 0.3) is 0 Å². The molecule has 8 nitrogen and oxygen atoms in total. The number of nitrogens with zero attached hydrogens (tertiary/aromatic N) is 2. The molecule has 18 heavy (non-hydrogen) atoms. The molecule has 0 bridgehead atoms. The number of hydrogen-bond acceptors (Lipinski definition) is 4. The van der Waals surface area contributed by atoms with Gasteiger partial charge in [0, 0.05) is 0 Å². The van der Waals surface area contributed by atoms with E-state index in [-0.39, 0.29) is 35.8 Å². The average Bonchev–Trinajstić information content (AvgIpc) is 2.01. The van der Waals surface area contributed by atoms with E-state index in [2.05, 4.69) is 10.2 Å². The van der Waals surface area contributed by atoms with Crippen LogP contribution in [0.25, 0.3) is 0 Å². The van der Waals surface area contributed by atoms with Crippen LogP contribution in [-0.2, 0) is 9.59 Å². The molecule has 0 aliphatic rings. The third-order valence-corrected chi connectivity index (χ3v) is 1.76. The second-order valence-corrected chi connectivity index (χ2v) is 4.05. The number of halogens is 2. The lowest BCUT2D eigenvalue weighted by molar-refractivity contribution is -0.124. The molecule has 8 N–H and O–H groups in total. The number of hydrogen-bond donors (Lipinski definition) is 2. The number of nitrogens with two attached hydrogens (primary N) is 2. The van der Waals surface area contributed by atoms with E-state index in [9.17, 15) is 9.59 Å². The fraction of sp³-hybridized carbons (Fsp3) is 0.750. The van der Waals surface area contributed by atoms with Gasteiger partial charge in [-0.3, -0.25) is 9.59 Å². The van der Waals surface area contributed by atoms with Crippen LogP contribution in [0, 0.1) is 0 Å². The molecule has 0 unspecified atom stereocenters. The van der Waals surface area contributed by atoms with Crippen molar-refractivity contribution in [3.05, 3.63) is 0 Å². The quantitative estimate of drug-likeness (QED) is 0.645. The van der Waals surface area contributed by atoms with Gasteiger partial charge in [0.1, 0.15) is 0 Å². The predicted molar refractivity (Wildman–Crippen MR) is 73.1 cm³/mol. The highest BCUT2D eigenvalue weighted by molar-refractivity contribution is 5.86. The molecule has 2 amide bonds. The Morgan fingerprint density at radius 1 is 0.778 bits per heavy atom. The van der Waals surface area contributed by atoms with Crippen molar-refractivity contribution in [2.45, 2.75) is 38.8 Å². The van der Waals surface area contributed by atoms with Crippen molar-refractivity contribution in [3.8, 4) is 0 Å². The second kappa shape index (κ2) is 10.0. The molecule has 0 atom stereocenters. The van der Waals surface area contributed by atoms with Gasteiger partial charge in [-0.05, 0) is 27.7 Å². The first-order valence-electron chi connectivity index (χ1n) is 4.13. The fourth-order valence-electron chi connectivity index (χ4n) is 0.349. The van der Waals surface area contributed by atoms with Crippen LogP contribution < -0.4 is 11.5 Å². The Bertz CT molecular complexity index is 267. The zero-order valence-corrected chi connectivity index (χ0v) is 12.3. The number of rotatable bonds is 4. The van der Waals surface area contributed by atoms with E-state index in [0.29, 0.717) is 0 Å². The topological polar surface area (TPSA) is 174 Å². The third kappa shape index (κ3) is 9.11. The molecule has 0 aromatic carbocycles. The monoisotopic (exact) mass is 308 g/mol. The van der Waals surface area contributed by atoms with Gasteiger partial charge in [-0.1, -0.05) is 0 Å². The lowest BCUT2D eigenvalue weighted by Crippen LogP contribution is -2.39. The van der Waals surface area contributed by atoms with Crippen molar-refractivity contribution in [3.63, 3.8) is 0 Å². The van der Waals surface area contributed by atoms with E-state index in [1.165, 1.54) is 27.7 Å². The number of amides is 2. The summed E-state index contributed by atoms with van der Waals surface area (Å²) in [7, 11) is 0. The largest absolute Gasteiger partial charge is 0.412 e. The SMILES string of the molecule is CC(C)(N=NC(C)(C)C(N)=O)C(N)=O.Cl.Cl.O.O. The molecular formula is C8H22Cl2N4O4. The van der Waals surface area contributed by atoms with E-state index < -0.39 is 22.9 Å². The number of primary amides is 2.